The zero-order valence-electron chi connectivity index (χ0n) is 24.3. The molecule has 0 aliphatic rings. The minimum Gasteiger partial charge on any atom is -0.352 e. The number of amides is 2. The molecule has 0 radical (unpaired) electrons. The molecular formula is C32H41N3O4S. The third-order valence-electron chi connectivity index (χ3n) is 7.32. The van der Waals surface area contributed by atoms with Crippen LogP contribution in [0.1, 0.15) is 55.9 Å². The lowest BCUT2D eigenvalue weighted by Gasteiger charge is -2.34. The summed E-state index contributed by atoms with van der Waals surface area (Å²) in [6, 6.07) is 20.6. The van der Waals surface area contributed by atoms with Crippen LogP contribution in [0.25, 0.3) is 0 Å². The van der Waals surface area contributed by atoms with Gasteiger partial charge in [0.15, 0.2) is 0 Å². The topological polar surface area (TPSA) is 86.8 Å². The van der Waals surface area contributed by atoms with E-state index in [0.29, 0.717) is 12.1 Å². The van der Waals surface area contributed by atoms with Crippen molar-refractivity contribution in [3.8, 4) is 0 Å². The molecule has 0 aliphatic carbocycles. The van der Waals surface area contributed by atoms with Crippen LogP contribution < -0.4 is 9.62 Å². The van der Waals surface area contributed by atoms with Crippen molar-refractivity contribution in [3.63, 3.8) is 0 Å². The maximum Gasteiger partial charge on any atom is 0.264 e. The lowest BCUT2D eigenvalue weighted by Crippen LogP contribution is -2.53. The Balaban J connectivity index is 2.09. The fraction of sp³-hybridized carbons (Fsp3) is 0.375. The van der Waals surface area contributed by atoms with Crippen LogP contribution in [0, 0.1) is 20.8 Å². The molecule has 214 valence electrons. The predicted octanol–water partition coefficient (Wildman–Crippen LogP) is 5.53. The molecule has 0 aromatic heterocycles. The van der Waals surface area contributed by atoms with Crippen LogP contribution in [0.2, 0.25) is 0 Å². The first-order chi connectivity index (χ1) is 19.0. The first-order valence-electron chi connectivity index (χ1n) is 13.8. The second kappa shape index (κ2) is 13.6. The van der Waals surface area contributed by atoms with Gasteiger partial charge in [0.25, 0.3) is 10.0 Å². The van der Waals surface area contributed by atoms with Crippen molar-refractivity contribution in [3.05, 3.63) is 95.1 Å². The molecular weight excluding hydrogens is 522 g/mol. The van der Waals surface area contributed by atoms with E-state index in [1.807, 2.05) is 77.9 Å². The quantitative estimate of drug-likeness (QED) is 0.314. The van der Waals surface area contributed by atoms with E-state index >= 15 is 0 Å². The molecule has 3 rings (SSSR count). The van der Waals surface area contributed by atoms with E-state index < -0.39 is 28.5 Å². The summed E-state index contributed by atoms with van der Waals surface area (Å²) in [6.07, 6.45) is 1.14. The number of sulfonamides is 1. The van der Waals surface area contributed by atoms with Gasteiger partial charge in [-0.15, -0.1) is 0 Å². The Labute approximate surface area is 239 Å². The zero-order valence-corrected chi connectivity index (χ0v) is 25.2. The standard InChI is InChI=1S/C32H41N3O4S/c1-7-25(5)33-32(37)29(8-2)34(21-27-14-10-9-11-15-27)31(36)22-35(30-16-12-13-24(4)26(30)6)40(38,39)28-19-17-23(3)18-20-28/h9-20,25,29H,7-8,21-22H2,1-6H3,(H,33,37)/t25-,29+/m1/s1. The van der Waals surface area contributed by atoms with Crippen molar-refractivity contribution in [2.75, 3.05) is 10.8 Å². The van der Waals surface area contributed by atoms with Crippen LogP contribution >= 0.6 is 0 Å². The van der Waals surface area contributed by atoms with Gasteiger partial charge in [-0.05, 0) is 75.4 Å². The lowest BCUT2D eigenvalue weighted by atomic mass is 10.1. The average molecular weight is 564 g/mol. The number of carbonyl (C=O) groups is 2. The average Bonchev–Trinajstić information content (AvgIpc) is 2.93. The van der Waals surface area contributed by atoms with Crippen LogP contribution in [-0.4, -0.2) is 43.8 Å². The maximum absolute atomic E-state index is 14.2. The van der Waals surface area contributed by atoms with E-state index in [2.05, 4.69) is 5.32 Å². The summed E-state index contributed by atoms with van der Waals surface area (Å²) in [5.74, 6) is -0.701. The molecule has 2 atom stereocenters. The third kappa shape index (κ3) is 7.30. The number of carbonyl (C=O) groups excluding carboxylic acids is 2. The molecule has 1 N–H and O–H groups in total. The number of benzene rings is 3. The number of aryl methyl sites for hydroxylation is 2. The maximum atomic E-state index is 14.2. The Bertz CT molecular complexity index is 1410. The molecule has 40 heavy (non-hydrogen) atoms. The summed E-state index contributed by atoms with van der Waals surface area (Å²) in [4.78, 5) is 29.1. The van der Waals surface area contributed by atoms with Gasteiger partial charge in [-0.1, -0.05) is 74.0 Å². The smallest absolute Gasteiger partial charge is 0.264 e. The van der Waals surface area contributed by atoms with Gasteiger partial charge >= 0.3 is 0 Å². The molecule has 2 amide bonds. The molecule has 0 heterocycles. The Hall–Kier alpha value is -3.65. The van der Waals surface area contributed by atoms with Gasteiger partial charge in [-0.2, -0.15) is 0 Å². The number of hydrogen-bond acceptors (Lipinski definition) is 4. The fourth-order valence-electron chi connectivity index (χ4n) is 4.50. The van der Waals surface area contributed by atoms with Gasteiger partial charge in [0, 0.05) is 12.6 Å². The van der Waals surface area contributed by atoms with Crippen molar-refractivity contribution in [1.29, 1.82) is 0 Å². The van der Waals surface area contributed by atoms with Crippen molar-refractivity contribution in [2.45, 2.75) is 77.9 Å². The first-order valence-corrected chi connectivity index (χ1v) is 15.2. The van der Waals surface area contributed by atoms with Crippen LogP contribution in [0.15, 0.2) is 77.7 Å². The SMILES string of the molecule is CC[C@@H](C)NC(=O)[C@H](CC)N(Cc1ccccc1)C(=O)CN(c1cccc(C)c1C)S(=O)(=O)c1ccc(C)cc1. The highest BCUT2D eigenvalue weighted by Gasteiger charge is 2.34. The molecule has 3 aromatic rings. The van der Waals surface area contributed by atoms with Crippen molar-refractivity contribution >= 4 is 27.5 Å². The Morgan fingerprint density at radius 2 is 1.50 bits per heavy atom. The molecule has 3 aromatic carbocycles. The highest BCUT2D eigenvalue weighted by atomic mass is 32.2. The molecule has 0 spiro atoms. The van der Waals surface area contributed by atoms with Crippen molar-refractivity contribution in [1.82, 2.24) is 10.2 Å². The fourth-order valence-corrected chi connectivity index (χ4v) is 5.97. The molecule has 0 unspecified atom stereocenters. The Morgan fingerprint density at radius 1 is 0.850 bits per heavy atom. The highest BCUT2D eigenvalue weighted by molar-refractivity contribution is 7.92. The molecule has 0 fully saturated rings. The van der Waals surface area contributed by atoms with Crippen LogP contribution in [-0.2, 0) is 26.2 Å². The molecule has 7 nitrogen and oxygen atoms in total. The lowest BCUT2D eigenvalue weighted by molar-refractivity contribution is -0.140. The minimum atomic E-state index is -4.10. The van der Waals surface area contributed by atoms with Crippen LogP contribution in [0.3, 0.4) is 0 Å². The third-order valence-corrected chi connectivity index (χ3v) is 9.09. The molecule has 0 bridgehead atoms. The molecule has 0 aliphatic heterocycles. The van der Waals surface area contributed by atoms with Gasteiger partial charge in [-0.3, -0.25) is 13.9 Å². The molecule has 0 saturated heterocycles. The zero-order chi connectivity index (χ0) is 29.4. The number of anilines is 1. The number of rotatable bonds is 12. The summed E-state index contributed by atoms with van der Waals surface area (Å²) < 4.78 is 29.3. The highest BCUT2D eigenvalue weighted by Crippen LogP contribution is 2.29. The molecule has 8 heteroatoms. The summed E-state index contributed by atoms with van der Waals surface area (Å²) >= 11 is 0. The minimum absolute atomic E-state index is 0.0522. The molecule has 0 saturated carbocycles. The number of nitrogens with one attached hydrogen (secondary N) is 1. The number of hydrogen-bond donors (Lipinski definition) is 1. The van der Waals surface area contributed by atoms with Crippen molar-refractivity contribution in [2.24, 2.45) is 0 Å². The van der Waals surface area contributed by atoms with Crippen molar-refractivity contribution < 1.29 is 18.0 Å². The number of nitrogens with zero attached hydrogens (tertiary/aromatic N) is 2. The Kier molecular flexibility index (Phi) is 10.5. The van der Waals surface area contributed by atoms with E-state index in [-0.39, 0.29) is 23.4 Å². The van der Waals surface area contributed by atoms with E-state index in [4.69, 9.17) is 0 Å². The Morgan fingerprint density at radius 3 is 2.10 bits per heavy atom. The predicted molar refractivity (Wildman–Crippen MR) is 161 cm³/mol. The summed E-state index contributed by atoms with van der Waals surface area (Å²) in [5, 5.41) is 3.00. The van der Waals surface area contributed by atoms with E-state index in [1.165, 1.54) is 9.21 Å². The van der Waals surface area contributed by atoms with Gasteiger partial charge in [0.1, 0.15) is 12.6 Å². The normalized spacial score (nSPS) is 12.8. The first kappa shape index (κ1) is 30.9. The summed E-state index contributed by atoms with van der Waals surface area (Å²) in [6.45, 7) is 11.1. The monoisotopic (exact) mass is 563 g/mol. The second-order valence-electron chi connectivity index (χ2n) is 10.3. The van der Waals surface area contributed by atoms with Gasteiger partial charge in [-0.25, -0.2) is 8.42 Å². The van der Waals surface area contributed by atoms with Gasteiger partial charge < -0.3 is 10.2 Å². The van der Waals surface area contributed by atoms with E-state index in [9.17, 15) is 18.0 Å². The second-order valence-corrected chi connectivity index (χ2v) is 12.2. The summed E-state index contributed by atoms with van der Waals surface area (Å²) in [5.41, 5.74) is 3.90. The van der Waals surface area contributed by atoms with Gasteiger partial charge in [0.05, 0.1) is 10.6 Å². The van der Waals surface area contributed by atoms with E-state index in [1.54, 1.807) is 36.4 Å². The largest absolute Gasteiger partial charge is 0.352 e. The van der Waals surface area contributed by atoms with Crippen LogP contribution in [0.4, 0.5) is 5.69 Å². The van der Waals surface area contributed by atoms with Crippen LogP contribution in [0.5, 0.6) is 0 Å². The van der Waals surface area contributed by atoms with Gasteiger partial charge in [0.2, 0.25) is 11.8 Å². The van der Waals surface area contributed by atoms with E-state index in [0.717, 1.165) is 28.7 Å². The summed E-state index contributed by atoms with van der Waals surface area (Å²) in [7, 11) is -4.10.